The summed E-state index contributed by atoms with van der Waals surface area (Å²) in [4.78, 5) is 11.9. The number of hydrogen-bond donors (Lipinski definition) is 3. The molecule has 1 amide bonds. The smallest absolute Gasteiger partial charge is 0.276 e. The maximum atomic E-state index is 11.9. The zero-order chi connectivity index (χ0) is 18.9. The van der Waals surface area contributed by atoms with Gasteiger partial charge in [-0.15, -0.1) is 0 Å². The SMILES string of the molecule is O=C(COc1ccc(-c2ccccc2)cc1)NNC(=S)Nc1ccccc1. The lowest BCUT2D eigenvalue weighted by atomic mass is 10.1. The fraction of sp³-hybridized carbons (Fsp3) is 0.0476. The molecule has 3 rings (SSSR count). The third kappa shape index (κ3) is 5.83. The summed E-state index contributed by atoms with van der Waals surface area (Å²) in [5.74, 6) is 0.286. The minimum atomic E-state index is -0.334. The van der Waals surface area contributed by atoms with E-state index in [1.165, 1.54) is 0 Å². The van der Waals surface area contributed by atoms with Crippen LogP contribution < -0.4 is 20.9 Å². The van der Waals surface area contributed by atoms with E-state index in [4.69, 9.17) is 17.0 Å². The van der Waals surface area contributed by atoms with Gasteiger partial charge in [0.2, 0.25) is 0 Å². The second-order valence-electron chi connectivity index (χ2n) is 5.67. The summed E-state index contributed by atoms with van der Waals surface area (Å²) in [5.41, 5.74) is 8.18. The van der Waals surface area contributed by atoms with Gasteiger partial charge in [-0.2, -0.15) is 0 Å². The van der Waals surface area contributed by atoms with Gasteiger partial charge in [0.25, 0.3) is 5.91 Å². The van der Waals surface area contributed by atoms with Crippen LogP contribution in [0.2, 0.25) is 0 Å². The van der Waals surface area contributed by atoms with Gasteiger partial charge < -0.3 is 10.1 Å². The molecule has 0 radical (unpaired) electrons. The Bertz CT molecular complexity index is 884. The highest BCUT2D eigenvalue weighted by molar-refractivity contribution is 7.80. The van der Waals surface area contributed by atoms with Crippen molar-refractivity contribution in [2.45, 2.75) is 0 Å². The van der Waals surface area contributed by atoms with Crippen molar-refractivity contribution in [3.05, 3.63) is 84.9 Å². The molecule has 0 heterocycles. The van der Waals surface area contributed by atoms with Crippen LogP contribution in [0.4, 0.5) is 5.69 Å². The summed E-state index contributed by atoms with van der Waals surface area (Å²) in [6.45, 7) is -0.119. The van der Waals surface area contributed by atoms with Crippen molar-refractivity contribution >= 4 is 28.9 Å². The predicted octanol–water partition coefficient (Wildman–Crippen LogP) is 3.75. The van der Waals surface area contributed by atoms with Crippen molar-refractivity contribution < 1.29 is 9.53 Å². The van der Waals surface area contributed by atoms with Crippen molar-refractivity contribution in [2.24, 2.45) is 0 Å². The highest BCUT2D eigenvalue weighted by atomic mass is 32.1. The Kier molecular flexibility index (Phi) is 6.38. The van der Waals surface area contributed by atoms with Gasteiger partial charge in [-0.05, 0) is 47.6 Å². The molecule has 5 nitrogen and oxygen atoms in total. The van der Waals surface area contributed by atoms with Crippen molar-refractivity contribution in [2.75, 3.05) is 11.9 Å². The van der Waals surface area contributed by atoms with Crippen molar-refractivity contribution in [3.8, 4) is 16.9 Å². The van der Waals surface area contributed by atoms with E-state index in [-0.39, 0.29) is 12.5 Å². The van der Waals surface area contributed by atoms with E-state index in [2.05, 4.69) is 16.2 Å². The second kappa shape index (κ2) is 9.35. The van der Waals surface area contributed by atoms with Crippen LogP contribution in [0.3, 0.4) is 0 Å². The lowest BCUT2D eigenvalue weighted by Gasteiger charge is -2.12. The second-order valence-corrected chi connectivity index (χ2v) is 6.08. The Balaban J connectivity index is 1.42. The largest absolute Gasteiger partial charge is 0.484 e. The minimum Gasteiger partial charge on any atom is -0.484 e. The fourth-order valence-electron chi connectivity index (χ4n) is 2.37. The number of ether oxygens (including phenoxy) is 1. The molecule has 3 aromatic rings. The minimum absolute atomic E-state index is 0.119. The molecule has 0 aliphatic heterocycles. The van der Waals surface area contributed by atoms with Crippen LogP contribution in [0, 0.1) is 0 Å². The lowest BCUT2D eigenvalue weighted by molar-refractivity contribution is -0.123. The molecule has 0 aliphatic carbocycles. The van der Waals surface area contributed by atoms with Crippen molar-refractivity contribution in [1.82, 2.24) is 10.9 Å². The average molecular weight is 377 g/mol. The van der Waals surface area contributed by atoms with E-state index < -0.39 is 0 Å². The molecule has 0 saturated carbocycles. The first kappa shape index (κ1) is 18.4. The van der Waals surface area contributed by atoms with Gasteiger partial charge in [-0.25, -0.2) is 0 Å². The lowest BCUT2D eigenvalue weighted by Crippen LogP contribution is -2.45. The standard InChI is InChI=1S/C21H19N3O2S/c25-20(23-24-21(27)22-18-9-5-2-6-10-18)15-26-19-13-11-17(12-14-19)16-7-3-1-4-8-16/h1-14H,15H2,(H,23,25)(H2,22,24,27). The zero-order valence-corrected chi connectivity index (χ0v) is 15.3. The molecule has 27 heavy (non-hydrogen) atoms. The van der Waals surface area contributed by atoms with E-state index in [1.54, 1.807) is 0 Å². The maximum absolute atomic E-state index is 11.9. The first-order valence-electron chi connectivity index (χ1n) is 8.40. The average Bonchev–Trinajstić information content (AvgIpc) is 2.72. The summed E-state index contributed by atoms with van der Waals surface area (Å²) in [6, 6.07) is 27.1. The Hall–Kier alpha value is -3.38. The molecule has 3 N–H and O–H groups in total. The van der Waals surface area contributed by atoms with Gasteiger partial charge >= 0.3 is 0 Å². The monoisotopic (exact) mass is 377 g/mol. The zero-order valence-electron chi connectivity index (χ0n) is 14.5. The van der Waals surface area contributed by atoms with Crippen LogP contribution in [0.25, 0.3) is 11.1 Å². The van der Waals surface area contributed by atoms with Gasteiger partial charge in [-0.1, -0.05) is 60.7 Å². The van der Waals surface area contributed by atoms with E-state index in [9.17, 15) is 4.79 Å². The Morgan fingerprint density at radius 3 is 2.04 bits per heavy atom. The number of anilines is 1. The third-order valence-electron chi connectivity index (χ3n) is 3.68. The number of hydrogen-bond acceptors (Lipinski definition) is 3. The predicted molar refractivity (Wildman–Crippen MR) is 111 cm³/mol. The highest BCUT2D eigenvalue weighted by Gasteiger charge is 2.04. The molecule has 136 valence electrons. The van der Waals surface area contributed by atoms with Gasteiger partial charge in [0.1, 0.15) is 5.75 Å². The van der Waals surface area contributed by atoms with Gasteiger partial charge in [-0.3, -0.25) is 15.6 Å². The van der Waals surface area contributed by atoms with E-state index in [0.29, 0.717) is 10.9 Å². The molecule has 0 saturated heterocycles. The molecule has 0 atom stereocenters. The van der Waals surface area contributed by atoms with Gasteiger partial charge in [0.05, 0.1) is 0 Å². The Morgan fingerprint density at radius 2 is 1.37 bits per heavy atom. The maximum Gasteiger partial charge on any atom is 0.276 e. The van der Waals surface area contributed by atoms with Crippen LogP contribution in [0.15, 0.2) is 84.9 Å². The number of para-hydroxylation sites is 1. The summed E-state index contributed by atoms with van der Waals surface area (Å²) in [5, 5.41) is 3.25. The third-order valence-corrected chi connectivity index (χ3v) is 3.88. The van der Waals surface area contributed by atoms with Crippen LogP contribution in [-0.4, -0.2) is 17.6 Å². The first-order valence-corrected chi connectivity index (χ1v) is 8.81. The summed E-state index contributed by atoms with van der Waals surface area (Å²) >= 11 is 5.12. The summed E-state index contributed by atoms with van der Waals surface area (Å²) in [6.07, 6.45) is 0. The van der Waals surface area contributed by atoms with E-state index in [1.807, 2.05) is 84.9 Å². The van der Waals surface area contributed by atoms with Crippen molar-refractivity contribution in [1.29, 1.82) is 0 Å². The molecule has 0 aliphatic rings. The molecular weight excluding hydrogens is 358 g/mol. The number of amides is 1. The van der Waals surface area contributed by atoms with E-state index >= 15 is 0 Å². The molecule has 0 spiro atoms. The number of nitrogens with one attached hydrogen (secondary N) is 3. The van der Waals surface area contributed by atoms with Crippen LogP contribution >= 0.6 is 12.2 Å². The number of benzene rings is 3. The van der Waals surface area contributed by atoms with Gasteiger partial charge in [0, 0.05) is 5.69 Å². The number of thiocarbonyl (C=S) groups is 1. The van der Waals surface area contributed by atoms with Crippen LogP contribution in [0.5, 0.6) is 5.75 Å². The van der Waals surface area contributed by atoms with Crippen molar-refractivity contribution in [3.63, 3.8) is 0 Å². The number of carbonyl (C=O) groups excluding carboxylic acids is 1. The number of carbonyl (C=O) groups is 1. The molecule has 0 unspecified atom stereocenters. The Labute approximate surface area is 163 Å². The van der Waals surface area contributed by atoms with Crippen LogP contribution in [-0.2, 0) is 4.79 Å². The normalized spacial score (nSPS) is 9.93. The van der Waals surface area contributed by atoms with Gasteiger partial charge in [0.15, 0.2) is 11.7 Å². The molecular formula is C21H19N3O2S. The summed E-state index contributed by atoms with van der Waals surface area (Å²) < 4.78 is 5.49. The topological polar surface area (TPSA) is 62.4 Å². The first-order chi connectivity index (χ1) is 13.2. The molecule has 6 heteroatoms. The quantitative estimate of drug-likeness (QED) is 0.467. The molecule has 0 bridgehead atoms. The Morgan fingerprint density at radius 1 is 0.778 bits per heavy atom. The number of hydrazine groups is 1. The summed E-state index contributed by atoms with van der Waals surface area (Å²) in [7, 11) is 0. The number of rotatable bonds is 5. The molecule has 0 fully saturated rings. The van der Waals surface area contributed by atoms with Crippen LogP contribution in [0.1, 0.15) is 0 Å². The fourth-order valence-corrected chi connectivity index (χ4v) is 2.54. The highest BCUT2D eigenvalue weighted by Crippen LogP contribution is 2.21. The molecule has 0 aromatic heterocycles. The molecule has 3 aromatic carbocycles. The van der Waals surface area contributed by atoms with E-state index in [0.717, 1.165) is 16.8 Å².